The van der Waals surface area contributed by atoms with Crippen molar-refractivity contribution in [2.75, 3.05) is 7.11 Å². The highest BCUT2D eigenvalue weighted by atomic mass is 16.5. The molecular formula is C23H28N2O4. The van der Waals surface area contributed by atoms with Crippen LogP contribution in [0, 0.1) is 5.92 Å². The van der Waals surface area contributed by atoms with Crippen molar-refractivity contribution in [3.63, 3.8) is 0 Å². The molecule has 6 heteroatoms. The molecule has 3 rings (SSSR count). The van der Waals surface area contributed by atoms with Gasteiger partial charge in [-0.1, -0.05) is 19.4 Å². The third kappa shape index (κ3) is 5.62. The summed E-state index contributed by atoms with van der Waals surface area (Å²) in [5.41, 5.74) is 1.02. The van der Waals surface area contributed by atoms with E-state index in [0.717, 1.165) is 44.1 Å². The maximum Gasteiger partial charge on any atom is 0.381 e. The molecule has 1 aromatic carbocycles. The van der Waals surface area contributed by atoms with E-state index in [1.165, 1.54) is 0 Å². The minimum atomic E-state index is -0.602. The number of rotatable bonds is 8. The molecule has 0 radical (unpaired) electrons. The van der Waals surface area contributed by atoms with Crippen molar-refractivity contribution in [1.29, 1.82) is 0 Å². The first kappa shape index (κ1) is 21.0. The third-order valence-corrected chi connectivity index (χ3v) is 5.54. The number of nitrogens with zero attached hydrogens (tertiary/aromatic N) is 2. The van der Waals surface area contributed by atoms with Crippen molar-refractivity contribution in [1.82, 2.24) is 9.97 Å². The molecule has 0 unspecified atom stereocenters. The van der Waals surface area contributed by atoms with Crippen molar-refractivity contribution in [2.45, 2.75) is 57.8 Å². The molecule has 0 aliphatic heterocycles. The summed E-state index contributed by atoms with van der Waals surface area (Å²) in [6.45, 7) is 2.11. The number of carbonyl (C=O) groups is 2. The lowest BCUT2D eigenvalue weighted by Crippen LogP contribution is -2.21. The standard InChI is InChI=1S/C23H28N2O4/c1-3-4-8-21(26)17-11-9-16(10-12-17)18-14-24-22(25-15-18)23(27)29-20-7-5-6-19(13-20)28-2/h5-7,13-17H,3-4,8-12H2,1-2H3. The molecule has 1 aliphatic rings. The number of ketones is 1. The van der Waals surface area contributed by atoms with Gasteiger partial charge in [0.15, 0.2) is 0 Å². The molecule has 0 amide bonds. The number of hydrogen-bond acceptors (Lipinski definition) is 6. The molecule has 0 bridgehead atoms. The average Bonchev–Trinajstić information content (AvgIpc) is 2.77. The first-order valence-corrected chi connectivity index (χ1v) is 10.3. The third-order valence-electron chi connectivity index (χ3n) is 5.54. The van der Waals surface area contributed by atoms with E-state index in [1.54, 1.807) is 43.8 Å². The molecule has 0 saturated heterocycles. The van der Waals surface area contributed by atoms with Gasteiger partial charge in [0.05, 0.1) is 7.11 Å². The Labute approximate surface area is 171 Å². The number of unbranched alkanes of at least 4 members (excludes halogenated alkanes) is 1. The largest absolute Gasteiger partial charge is 0.497 e. The molecule has 0 N–H and O–H groups in total. The number of Topliss-reactive ketones (excluding diaryl/α,β-unsaturated/α-hetero) is 1. The molecule has 29 heavy (non-hydrogen) atoms. The quantitative estimate of drug-likeness (QED) is 0.474. The number of esters is 1. The minimum Gasteiger partial charge on any atom is -0.497 e. The van der Waals surface area contributed by atoms with E-state index >= 15 is 0 Å². The second-order valence-electron chi connectivity index (χ2n) is 7.53. The fourth-order valence-corrected chi connectivity index (χ4v) is 3.78. The Morgan fingerprint density at radius 2 is 1.76 bits per heavy atom. The molecular weight excluding hydrogens is 368 g/mol. The van der Waals surface area contributed by atoms with Crippen LogP contribution in [0.2, 0.25) is 0 Å². The summed E-state index contributed by atoms with van der Waals surface area (Å²) in [5.74, 6) is 1.38. The van der Waals surface area contributed by atoms with Crippen molar-refractivity contribution < 1.29 is 19.1 Å². The molecule has 6 nitrogen and oxygen atoms in total. The summed E-state index contributed by atoms with van der Waals surface area (Å²) in [6.07, 6.45) is 9.93. The van der Waals surface area contributed by atoms with Crippen LogP contribution in [-0.4, -0.2) is 28.8 Å². The maximum atomic E-state index is 12.3. The van der Waals surface area contributed by atoms with Crippen LogP contribution < -0.4 is 9.47 Å². The average molecular weight is 396 g/mol. The van der Waals surface area contributed by atoms with Crippen molar-refractivity contribution in [3.8, 4) is 11.5 Å². The van der Waals surface area contributed by atoms with Gasteiger partial charge in [0.2, 0.25) is 5.82 Å². The van der Waals surface area contributed by atoms with E-state index in [0.29, 0.717) is 29.6 Å². The Balaban J connectivity index is 1.55. The topological polar surface area (TPSA) is 78.4 Å². The second-order valence-corrected chi connectivity index (χ2v) is 7.53. The van der Waals surface area contributed by atoms with E-state index in [9.17, 15) is 9.59 Å². The van der Waals surface area contributed by atoms with Gasteiger partial charge in [0, 0.05) is 30.8 Å². The lowest BCUT2D eigenvalue weighted by molar-refractivity contribution is -0.124. The van der Waals surface area contributed by atoms with Gasteiger partial charge in [-0.3, -0.25) is 4.79 Å². The van der Waals surface area contributed by atoms with Crippen molar-refractivity contribution in [3.05, 3.63) is 48.0 Å². The molecule has 1 fully saturated rings. The Hall–Kier alpha value is -2.76. The first-order chi connectivity index (χ1) is 14.1. The van der Waals surface area contributed by atoms with Crippen LogP contribution in [0.1, 0.15) is 74.0 Å². The van der Waals surface area contributed by atoms with Gasteiger partial charge < -0.3 is 9.47 Å². The lowest BCUT2D eigenvalue weighted by Gasteiger charge is -2.27. The van der Waals surface area contributed by atoms with Gasteiger partial charge in [-0.25, -0.2) is 14.8 Å². The highest BCUT2D eigenvalue weighted by Gasteiger charge is 2.27. The predicted octanol–water partition coefficient (Wildman–Crippen LogP) is 4.74. The minimum absolute atomic E-state index is 0.0278. The van der Waals surface area contributed by atoms with Gasteiger partial charge in [0.25, 0.3) is 0 Å². The molecule has 1 aliphatic carbocycles. The zero-order chi connectivity index (χ0) is 20.6. The van der Waals surface area contributed by atoms with Crippen LogP contribution in [0.15, 0.2) is 36.7 Å². The van der Waals surface area contributed by atoms with Gasteiger partial charge in [-0.2, -0.15) is 0 Å². The van der Waals surface area contributed by atoms with E-state index < -0.39 is 5.97 Å². The van der Waals surface area contributed by atoms with Crippen LogP contribution in [0.3, 0.4) is 0 Å². The maximum absolute atomic E-state index is 12.3. The lowest BCUT2D eigenvalue weighted by atomic mass is 9.77. The van der Waals surface area contributed by atoms with Crippen molar-refractivity contribution >= 4 is 11.8 Å². The molecule has 1 heterocycles. The number of benzene rings is 1. The van der Waals surface area contributed by atoms with Crippen LogP contribution in [0.25, 0.3) is 0 Å². The van der Waals surface area contributed by atoms with E-state index in [1.807, 2.05) is 0 Å². The predicted molar refractivity (Wildman–Crippen MR) is 109 cm³/mol. The second kappa shape index (κ2) is 10.1. The molecule has 1 saturated carbocycles. The fourth-order valence-electron chi connectivity index (χ4n) is 3.78. The van der Waals surface area contributed by atoms with Crippen LogP contribution in [-0.2, 0) is 4.79 Å². The summed E-state index contributed by atoms with van der Waals surface area (Å²) in [7, 11) is 1.55. The highest BCUT2D eigenvalue weighted by Crippen LogP contribution is 2.36. The normalized spacial score (nSPS) is 18.8. The number of aromatic nitrogens is 2. The van der Waals surface area contributed by atoms with Crippen LogP contribution in [0.4, 0.5) is 0 Å². The number of ether oxygens (including phenoxy) is 2. The molecule has 154 valence electrons. The SMILES string of the molecule is CCCCC(=O)C1CCC(c2cnc(C(=O)Oc3cccc(OC)c3)nc2)CC1. The van der Waals surface area contributed by atoms with Crippen molar-refractivity contribution in [2.24, 2.45) is 5.92 Å². The van der Waals surface area contributed by atoms with Crippen LogP contribution >= 0.6 is 0 Å². The highest BCUT2D eigenvalue weighted by molar-refractivity contribution is 5.87. The summed E-state index contributed by atoms with van der Waals surface area (Å²) in [4.78, 5) is 32.9. The Bertz CT molecular complexity index is 827. The summed E-state index contributed by atoms with van der Waals surface area (Å²) in [5, 5.41) is 0. The smallest absolute Gasteiger partial charge is 0.381 e. The molecule has 0 atom stereocenters. The zero-order valence-corrected chi connectivity index (χ0v) is 17.1. The Morgan fingerprint density at radius 1 is 1.07 bits per heavy atom. The first-order valence-electron chi connectivity index (χ1n) is 10.3. The Morgan fingerprint density at radius 3 is 2.41 bits per heavy atom. The summed E-state index contributed by atoms with van der Waals surface area (Å²) >= 11 is 0. The molecule has 0 spiro atoms. The van der Waals surface area contributed by atoms with Gasteiger partial charge in [-0.15, -0.1) is 0 Å². The monoisotopic (exact) mass is 396 g/mol. The van der Waals surface area contributed by atoms with Gasteiger partial charge in [-0.05, 0) is 55.7 Å². The molecule has 1 aromatic heterocycles. The zero-order valence-electron chi connectivity index (χ0n) is 17.1. The summed E-state index contributed by atoms with van der Waals surface area (Å²) < 4.78 is 10.4. The molecule has 2 aromatic rings. The van der Waals surface area contributed by atoms with Gasteiger partial charge in [0.1, 0.15) is 17.3 Å². The Kier molecular flexibility index (Phi) is 7.33. The fraction of sp³-hybridized carbons (Fsp3) is 0.478. The van der Waals surface area contributed by atoms with Crippen LogP contribution in [0.5, 0.6) is 11.5 Å². The van der Waals surface area contributed by atoms with E-state index in [4.69, 9.17) is 9.47 Å². The van der Waals surface area contributed by atoms with Gasteiger partial charge >= 0.3 is 5.97 Å². The number of carbonyl (C=O) groups excluding carboxylic acids is 2. The van der Waals surface area contributed by atoms with E-state index in [-0.39, 0.29) is 11.7 Å². The van der Waals surface area contributed by atoms with E-state index in [2.05, 4.69) is 16.9 Å². The number of hydrogen-bond donors (Lipinski definition) is 0. The number of methoxy groups -OCH3 is 1. The summed E-state index contributed by atoms with van der Waals surface area (Å²) in [6, 6.07) is 6.82.